The summed E-state index contributed by atoms with van der Waals surface area (Å²) in [5, 5.41) is 10.4. The Morgan fingerprint density at radius 3 is 2.76 bits per heavy atom. The predicted octanol–water partition coefficient (Wildman–Crippen LogP) is 3.88. The molecule has 0 aliphatic rings. The zero-order chi connectivity index (χ0) is 15.6. The zero-order valence-electron chi connectivity index (χ0n) is 12.2. The summed E-state index contributed by atoms with van der Waals surface area (Å²) in [6.45, 7) is 3.82. The smallest absolute Gasteiger partial charge is 0.128 e. The van der Waals surface area contributed by atoms with Crippen molar-refractivity contribution in [3.63, 3.8) is 0 Å². The lowest BCUT2D eigenvalue weighted by Gasteiger charge is -2.16. The van der Waals surface area contributed by atoms with Gasteiger partial charge in [0.05, 0.1) is 13.2 Å². The molecule has 0 saturated carbocycles. The van der Waals surface area contributed by atoms with E-state index in [1.807, 2.05) is 13.8 Å². The number of hydrogen-bond donors (Lipinski definition) is 1. The van der Waals surface area contributed by atoms with Gasteiger partial charge in [-0.05, 0) is 37.6 Å². The van der Waals surface area contributed by atoms with Crippen LogP contribution in [0, 0.1) is 19.7 Å². The number of aliphatic hydroxyl groups is 1. The summed E-state index contributed by atoms with van der Waals surface area (Å²) in [6, 6.07) is 4.26. The molecule has 1 atom stereocenters. The molecule has 2 rings (SSSR count). The van der Waals surface area contributed by atoms with Crippen LogP contribution in [-0.2, 0) is 6.42 Å². The molecule has 21 heavy (non-hydrogen) atoms. The fraction of sp³-hybridized carbons (Fsp3) is 0.312. The van der Waals surface area contributed by atoms with Gasteiger partial charge < -0.3 is 9.84 Å². The Labute approximate surface area is 131 Å². The molecule has 3 nitrogen and oxygen atoms in total. The Hall–Kier alpha value is -1.46. The van der Waals surface area contributed by atoms with Gasteiger partial charge in [0.25, 0.3) is 0 Å². The summed E-state index contributed by atoms with van der Waals surface area (Å²) >= 11 is 3.33. The first-order valence-electron chi connectivity index (χ1n) is 6.56. The Morgan fingerprint density at radius 2 is 2.10 bits per heavy atom. The minimum atomic E-state index is -0.839. The molecule has 1 N–H and O–H groups in total. The highest BCUT2D eigenvalue weighted by Gasteiger charge is 2.17. The summed E-state index contributed by atoms with van der Waals surface area (Å²) in [5.41, 5.74) is 3.08. The summed E-state index contributed by atoms with van der Waals surface area (Å²) in [4.78, 5) is 4.35. The van der Waals surface area contributed by atoms with Gasteiger partial charge in [0.15, 0.2) is 0 Å². The predicted molar refractivity (Wildman–Crippen MR) is 83.0 cm³/mol. The minimum absolute atomic E-state index is 0.296. The number of nitrogens with zero attached hydrogens (tertiary/aromatic N) is 1. The van der Waals surface area contributed by atoms with Crippen molar-refractivity contribution in [2.24, 2.45) is 0 Å². The van der Waals surface area contributed by atoms with E-state index in [-0.39, 0.29) is 5.82 Å². The van der Waals surface area contributed by atoms with Crippen LogP contribution < -0.4 is 4.74 Å². The summed E-state index contributed by atoms with van der Waals surface area (Å²) in [7, 11) is 1.61. The number of pyridine rings is 1. The lowest BCUT2D eigenvalue weighted by atomic mass is 10.0. The van der Waals surface area contributed by atoms with Crippen LogP contribution in [0.4, 0.5) is 4.39 Å². The number of aliphatic hydroxyl groups excluding tert-OH is 1. The number of rotatable bonds is 4. The summed E-state index contributed by atoms with van der Waals surface area (Å²) < 4.78 is 19.4. The normalized spacial score (nSPS) is 12.3. The van der Waals surface area contributed by atoms with Crippen LogP contribution in [0.15, 0.2) is 28.9 Å². The Kier molecular flexibility index (Phi) is 4.96. The zero-order valence-corrected chi connectivity index (χ0v) is 13.7. The topological polar surface area (TPSA) is 42.4 Å². The lowest BCUT2D eigenvalue weighted by Crippen LogP contribution is -2.08. The first-order valence-corrected chi connectivity index (χ1v) is 7.35. The first kappa shape index (κ1) is 15.9. The van der Waals surface area contributed by atoms with Gasteiger partial charge in [-0.15, -0.1) is 0 Å². The van der Waals surface area contributed by atoms with Crippen molar-refractivity contribution in [3.05, 3.63) is 57.1 Å². The van der Waals surface area contributed by atoms with E-state index in [2.05, 4.69) is 20.9 Å². The van der Waals surface area contributed by atoms with Crippen molar-refractivity contribution in [1.82, 2.24) is 4.98 Å². The third kappa shape index (κ3) is 3.41. The number of ether oxygens (including phenoxy) is 1. The first-order chi connectivity index (χ1) is 9.93. The third-order valence-electron chi connectivity index (χ3n) is 3.45. The fourth-order valence-corrected chi connectivity index (χ4v) is 2.85. The second-order valence-corrected chi connectivity index (χ2v) is 5.79. The molecule has 0 amide bonds. The van der Waals surface area contributed by atoms with Crippen molar-refractivity contribution in [3.8, 4) is 5.75 Å². The third-order valence-corrected chi connectivity index (χ3v) is 4.18. The van der Waals surface area contributed by atoms with Crippen LogP contribution in [0.5, 0.6) is 5.75 Å². The summed E-state index contributed by atoms with van der Waals surface area (Å²) in [5.74, 6) is 0.393. The average molecular weight is 354 g/mol. The molecule has 1 unspecified atom stereocenters. The van der Waals surface area contributed by atoms with Crippen molar-refractivity contribution >= 4 is 15.9 Å². The van der Waals surface area contributed by atoms with Gasteiger partial charge in [-0.25, -0.2) is 4.39 Å². The highest BCUT2D eigenvalue weighted by Crippen LogP contribution is 2.30. The molecular formula is C16H17BrFNO2. The molecule has 0 bridgehead atoms. The van der Waals surface area contributed by atoms with Gasteiger partial charge in [0.1, 0.15) is 11.6 Å². The van der Waals surface area contributed by atoms with E-state index in [1.165, 1.54) is 12.1 Å². The molecule has 2 aromatic rings. The van der Waals surface area contributed by atoms with Gasteiger partial charge >= 0.3 is 0 Å². The summed E-state index contributed by atoms with van der Waals surface area (Å²) in [6.07, 6.45) is 1.17. The molecule has 112 valence electrons. The maximum atomic E-state index is 13.3. The highest BCUT2D eigenvalue weighted by molar-refractivity contribution is 9.10. The Bertz CT molecular complexity index is 661. The molecule has 0 aliphatic carbocycles. The quantitative estimate of drug-likeness (QED) is 0.906. The number of hydrogen-bond acceptors (Lipinski definition) is 3. The van der Waals surface area contributed by atoms with Crippen LogP contribution >= 0.6 is 15.9 Å². The molecule has 0 radical (unpaired) electrons. The van der Waals surface area contributed by atoms with E-state index >= 15 is 0 Å². The van der Waals surface area contributed by atoms with Gasteiger partial charge in [-0.3, -0.25) is 4.98 Å². The van der Waals surface area contributed by atoms with E-state index in [1.54, 1.807) is 19.4 Å². The van der Waals surface area contributed by atoms with Crippen LogP contribution in [0.2, 0.25) is 0 Å². The van der Waals surface area contributed by atoms with Crippen LogP contribution in [0.3, 0.4) is 0 Å². The average Bonchev–Trinajstić information content (AvgIpc) is 2.45. The van der Waals surface area contributed by atoms with Gasteiger partial charge in [0, 0.05) is 33.9 Å². The standard InChI is InChI=1S/C16H17BrFNO2/c1-9-8-19-14(10(2)16(9)21-3)7-15(20)12-6-11(18)4-5-13(12)17/h4-6,8,15,20H,7H2,1-3H3. The van der Waals surface area contributed by atoms with Crippen molar-refractivity contribution in [1.29, 1.82) is 0 Å². The van der Waals surface area contributed by atoms with Gasteiger partial charge in [-0.1, -0.05) is 15.9 Å². The second kappa shape index (κ2) is 6.54. The molecule has 1 heterocycles. The molecular weight excluding hydrogens is 337 g/mol. The number of aromatic nitrogens is 1. The number of aryl methyl sites for hydroxylation is 1. The van der Waals surface area contributed by atoms with Crippen LogP contribution in [0.25, 0.3) is 0 Å². The van der Waals surface area contributed by atoms with E-state index in [0.717, 1.165) is 22.6 Å². The molecule has 0 spiro atoms. The monoisotopic (exact) mass is 353 g/mol. The maximum Gasteiger partial charge on any atom is 0.128 e. The van der Waals surface area contributed by atoms with Crippen LogP contribution in [-0.4, -0.2) is 17.2 Å². The van der Waals surface area contributed by atoms with Crippen molar-refractivity contribution in [2.45, 2.75) is 26.4 Å². The number of benzene rings is 1. The van der Waals surface area contributed by atoms with Crippen molar-refractivity contribution in [2.75, 3.05) is 7.11 Å². The van der Waals surface area contributed by atoms with E-state index < -0.39 is 6.10 Å². The SMILES string of the molecule is COc1c(C)cnc(CC(O)c2cc(F)ccc2Br)c1C. The molecule has 0 fully saturated rings. The molecule has 0 aliphatic heterocycles. The largest absolute Gasteiger partial charge is 0.496 e. The molecule has 1 aromatic carbocycles. The van der Waals surface area contributed by atoms with Gasteiger partial charge in [0.2, 0.25) is 0 Å². The van der Waals surface area contributed by atoms with Crippen LogP contribution in [0.1, 0.15) is 28.5 Å². The number of halogens is 2. The second-order valence-electron chi connectivity index (χ2n) is 4.93. The van der Waals surface area contributed by atoms with E-state index in [9.17, 15) is 9.50 Å². The van der Waals surface area contributed by atoms with Crippen molar-refractivity contribution < 1.29 is 14.2 Å². The molecule has 1 aromatic heterocycles. The fourth-order valence-electron chi connectivity index (χ4n) is 2.34. The lowest BCUT2D eigenvalue weighted by molar-refractivity contribution is 0.175. The van der Waals surface area contributed by atoms with E-state index in [4.69, 9.17) is 4.74 Å². The molecule has 0 saturated heterocycles. The Balaban J connectivity index is 2.32. The van der Waals surface area contributed by atoms with E-state index in [0.29, 0.717) is 16.5 Å². The minimum Gasteiger partial charge on any atom is -0.496 e. The maximum absolute atomic E-state index is 13.3. The number of methoxy groups -OCH3 is 1. The molecule has 5 heteroatoms. The Morgan fingerprint density at radius 1 is 1.38 bits per heavy atom. The highest BCUT2D eigenvalue weighted by atomic mass is 79.9. The van der Waals surface area contributed by atoms with Gasteiger partial charge in [-0.2, -0.15) is 0 Å².